The molecule has 1 heterocycles. The summed E-state index contributed by atoms with van der Waals surface area (Å²) in [5, 5.41) is 0. The monoisotopic (exact) mass is 232 g/mol. The van der Waals surface area contributed by atoms with Crippen LogP contribution in [0.2, 0.25) is 0 Å². The van der Waals surface area contributed by atoms with Crippen molar-refractivity contribution in [2.45, 2.75) is 26.9 Å². The van der Waals surface area contributed by atoms with E-state index in [1.807, 2.05) is 13.0 Å². The Morgan fingerprint density at radius 1 is 1.33 bits per heavy atom. The highest BCUT2D eigenvalue weighted by Crippen LogP contribution is 2.51. The van der Waals surface area contributed by atoms with Gasteiger partial charge in [0.1, 0.15) is 11.9 Å². The first-order valence-electron chi connectivity index (χ1n) is 5.01. The van der Waals surface area contributed by atoms with Crippen molar-refractivity contribution in [2.75, 3.05) is 13.2 Å². The molecule has 0 fully saturated rings. The third kappa shape index (κ3) is 3.82. The van der Waals surface area contributed by atoms with Crippen molar-refractivity contribution in [3.05, 3.63) is 23.7 Å². The van der Waals surface area contributed by atoms with Crippen LogP contribution in [0.3, 0.4) is 0 Å². The fourth-order valence-electron chi connectivity index (χ4n) is 1.29. The Morgan fingerprint density at radius 2 is 1.93 bits per heavy atom. The van der Waals surface area contributed by atoms with E-state index in [0.29, 0.717) is 19.0 Å². The molecule has 1 aromatic rings. The van der Waals surface area contributed by atoms with Crippen LogP contribution < -0.4 is 0 Å². The van der Waals surface area contributed by atoms with Gasteiger partial charge in [-0.3, -0.25) is 4.57 Å². The van der Waals surface area contributed by atoms with E-state index in [1.165, 1.54) is 0 Å². The van der Waals surface area contributed by atoms with Gasteiger partial charge in [-0.25, -0.2) is 0 Å². The lowest BCUT2D eigenvalue weighted by Crippen LogP contribution is -1.98. The van der Waals surface area contributed by atoms with Crippen LogP contribution in [0.1, 0.15) is 25.2 Å². The molecule has 15 heavy (non-hydrogen) atoms. The Hall–Kier alpha value is -0.570. The van der Waals surface area contributed by atoms with Gasteiger partial charge in [0.15, 0.2) is 0 Å². The van der Waals surface area contributed by atoms with Crippen molar-refractivity contribution in [1.29, 1.82) is 0 Å². The molecule has 0 amide bonds. The molecule has 1 aromatic heterocycles. The number of rotatable bonds is 6. The van der Waals surface area contributed by atoms with Crippen molar-refractivity contribution in [3.8, 4) is 0 Å². The van der Waals surface area contributed by atoms with Crippen molar-refractivity contribution in [3.63, 3.8) is 0 Å². The zero-order valence-corrected chi connectivity index (χ0v) is 10.3. The molecule has 5 heteroatoms. The maximum absolute atomic E-state index is 12.1. The van der Waals surface area contributed by atoms with Crippen LogP contribution in [0.4, 0.5) is 0 Å². The van der Waals surface area contributed by atoms with Gasteiger partial charge < -0.3 is 13.5 Å². The van der Waals surface area contributed by atoms with E-state index in [9.17, 15) is 4.57 Å². The fourth-order valence-corrected chi connectivity index (χ4v) is 2.88. The highest BCUT2D eigenvalue weighted by Gasteiger charge is 2.25. The molecule has 0 atom stereocenters. The van der Waals surface area contributed by atoms with Crippen LogP contribution in [0.15, 0.2) is 16.7 Å². The van der Waals surface area contributed by atoms with E-state index in [4.69, 9.17) is 13.5 Å². The number of hydrogen-bond acceptors (Lipinski definition) is 4. The molecule has 0 aliphatic rings. The molecule has 0 N–H and O–H groups in total. The molecule has 0 spiro atoms. The summed E-state index contributed by atoms with van der Waals surface area (Å²) < 4.78 is 27.6. The summed E-state index contributed by atoms with van der Waals surface area (Å²) in [6.45, 7) is 6.24. The molecule has 0 aromatic carbocycles. The van der Waals surface area contributed by atoms with Crippen molar-refractivity contribution >= 4 is 7.60 Å². The summed E-state index contributed by atoms with van der Waals surface area (Å²) in [7, 11) is -3.02. The van der Waals surface area contributed by atoms with E-state index in [1.54, 1.807) is 20.1 Å². The molecule has 4 nitrogen and oxygen atoms in total. The van der Waals surface area contributed by atoms with E-state index < -0.39 is 7.60 Å². The first kappa shape index (κ1) is 12.5. The Kier molecular flexibility index (Phi) is 4.58. The zero-order valence-electron chi connectivity index (χ0n) is 9.36. The third-order valence-corrected chi connectivity index (χ3v) is 3.79. The number of hydrogen-bond donors (Lipinski definition) is 0. The molecule has 0 unspecified atom stereocenters. The number of aryl methyl sites for hydroxylation is 1. The summed E-state index contributed by atoms with van der Waals surface area (Å²) in [6, 6.07) is 1.84. The normalized spacial score (nSPS) is 11.9. The first-order chi connectivity index (χ1) is 7.09. The summed E-state index contributed by atoms with van der Waals surface area (Å²) in [5.74, 6) is 0.637. The Balaban J connectivity index is 2.70. The lowest BCUT2D eigenvalue weighted by Gasteiger charge is -2.15. The molecule has 0 aliphatic heterocycles. The SMILES string of the molecule is CCOP(=O)(Cc1cc(C)co1)OCC. The minimum Gasteiger partial charge on any atom is -0.468 e. The first-order valence-corrected chi connectivity index (χ1v) is 6.74. The average molecular weight is 232 g/mol. The van der Waals surface area contributed by atoms with Gasteiger partial charge in [0.2, 0.25) is 0 Å². The van der Waals surface area contributed by atoms with Gasteiger partial charge in [0.25, 0.3) is 0 Å². The smallest absolute Gasteiger partial charge is 0.338 e. The van der Waals surface area contributed by atoms with Gasteiger partial charge >= 0.3 is 7.60 Å². The molecular formula is C10H17O4P. The minimum atomic E-state index is -3.02. The molecule has 1 rings (SSSR count). The van der Waals surface area contributed by atoms with Gasteiger partial charge in [-0.2, -0.15) is 0 Å². The van der Waals surface area contributed by atoms with Gasteiger partial charge in [-0.05, 0) is 32.4 Å². The van der Waals surface area contributed by atoms with Gasteiger partial charge in [-0.1, -0.05) is 0 Å². The van der Waals surface area contributed by atoms with Crippen LogP contribution in [0, 0.1) is 6.92 Å². The summed E-state index contributed by atoms with van der Waals surface area (Å²) in [4.78, 5) is 0. The Morgan fingerprint density at radius 3 is 2.33 bits per heavy atom. The standard InChI is InChI=1S/C10H17O4P/c1-4-13-15(11,14-5-2)8-10-6-9(3)7-12-10/h6-7H,4-5,8H2,1-3H3. The lowest BCUT2D eigenvalue weighted by atomic mass is 10.4. The maximum atomic E-state index is 12.1. The number of furan rings is 1. The van der Waals surface area contributed by atoms with Gasteiger partial charge in [-0.15, -0.1) is 0 Å². The average Bonchev–Trinajstić information content (AvgIpc) is 2.51. The van der Waals surface area contributed by atoms with E-state index in [-0.39, 0.29) is 6.16 Å². The van der Waals surface area contributed by atoms with E-state index in [2.05, 4.69) is 0 Å². The maximum Gasteiger partial charge on any atom is 0.338 e. The molecule has 0 saturated carbocycles. The molecule has 86 valence electrons. The van der Waals surface area contributed by atoms with Crippen LogP contribution in [0.25, 0.3) is 0 Å². The predicted octanol–water partition coefficient (Wildman–Crippen LogP) is 3.35. The summed E-state index contributed by atoms with van der Waals surface area (Å²) in [5.41, 5.74) is 1.00. The second kappa shape index (κ2) is 5.50. The molecular weight excluding hydrogens is 215 g/mol. The largest absolute Gasteiger partial charge is 0.468 e. The second-order valence-corrected chi connectivity index (χ2v) is 5.25. The van der Waals surface area contributed by atoms with Crippen LogP contribution >= 0.6 is 7.60 Å². The van der Waals surface area contributed by atoms with Crippen molar-refractivity contribution < 1.29 is 18.0 Å². The summed E-state index contributed by atoms with van der Waals surface area (Å²) >= 11 is 0. The van der Waals surface area contributed by atoms with E-state index in [0.717, 1.165) is 5.56 Å². The minimum absolute atomic E-state index is 0.197. The molecule has 0 saturated heterocycles. The van der Waals surface area contributed by atoms with Crippen LogP contribution in [0.5, 0.6) is 0 Å². The highest BCUT2D eigenvalue weighted by atomic mass is 31.2. The van der Waals surface area contributed by atoms with Gasteiger partial charge in [0, 0.05) is 0 Å². The van der Waals surface area contributed by atoms with Crippen molar-refractivity contribution in [2.24, 2.45) is 0 Å². The Bertz CT molecular complexity index is 335. The second-order valence-electron chi connectivity index (χ2n) is 3.19. The molecule has 0 radical (unpaired) electrons. The van der Waals surface area contributed by atoms with Gasteiger partial charge in [0.05, 0.1) is 19.5 Å². The third-order valence-electron chi connectivity index (χ3n) is 1.79. The van der Waals surface area contributed by atoms with Crippen LogP contribution in [-0.2, 0) is 19.8 Å². The molecule has 0 bridgehead atoms. The van der Waals surface area contributed by atoms with Crippen LogP contribution in [-0.4, -0.2) is 13.2 Å². The molecule has 0 aliphatic carbocycles. The Labute approximate surface area is 90.1 Å². The quantitative estimate of drug-likeness (QED) is 0.705. The topological polar surface area (TPSA) is 48.7 Å². The van der Waals surface area contributed by atoms with E-state index >= 15 is 0 Å². The predicted molar refractivity (Wildman–Crippen MR) is 58.0 cm³/mol. The lowest BCUT2D eigenvalue weighted by molar-refractivity contribution is 0.217. The van der Waals surface area contributed by atoms with Crippen molar-refractivity contribution in [1.82, 2.24) is 0 Å². The zero-order chi connectivity index (χ0) is 11.3. The highest BCUT2D eigenvalue weighted by molar-refractivity contribution is 7.53. The summed E-state index contributed by atoms with van der Waals surface area (Å²) in [6.07, 6.45) is 1.82. The fraction of sp³-hybridized carbons (Fsp3) is 0.600.